The van der Waals surface area contributed by atoms with Crippen LogP contribution in [0.25, 0.3) is 5.65 Å². The number of nitrogens with zero attached hydrogens (tertiary/aromatic N) is 4. The Morgan fingerprint density at radius 3 is 3.00 bits per heavy atom. The number of fused-ring (bicyclic) bond motifs is 1. The third kappa shape index (κ3) is 4.10. The number of hydrogen-bond donors (Lipinski definition) is 2. The molecule has 0 aromatic carbocycles. The van der Waals surface area contributed by atoms with Gasteiger partial charge in [0.1, 0.15) is 5.65 Å². The molecule has 1 aliphatic heterocycles. The average Bonchev–Trinajstić information content (AvgIpc) is 3.01. The molecular formula is C18H26N6O. The number of pyridine rings is 1. The number of rotatable bonds is 4. The molecule has 7 heteroatoms. The molecule has 1 saturated heterocycles. The van der Waals surface area contributed by atoms with Crippen LogP contribution in [0.15, 0.2) is 29.4 Å². The number of nitrogens with one attached hydrogen (secondary N) is 2. The molecule has 1 aliphatic rings. The minimum atomic E-state index is 0.208. The van der Waals surface area contributed by atoms with Crippen LogP contribution in [0.5, 0.6) is 0 Å². The van der Waals surface area contributed by atoms with E-state index >= 15 is 0 Å². The molecule has 25 heavy (non-hydrogen) atoms. The third-order valence-electron chi connectivity index (χ3n) is 4.46. The first-order valence-electron chi connectivity index (χ1n) is 8.79. The number of imidazole rings is 1. The summed E-state index contributed by atoms with van der Waals surface area (Å²) in [5.74, 6) is 0.976. The number of likely N-dealkylation sites (tertiary alicyclic amines) is 1. The monoisotopic (exact) mass is 342 g/mol. The summed E-state index contributed by atoms with van der Waals surface area (Å²) in [5, 5.41) is 6.71. The van der Waals surface area contributed by atoms with Crippen molar-refractivity contribution in [2.24, 2.45) is 4.99 Å². The molecule has 1 unspecified atom stereocenters. The van der Waals surface area contributed by atoms with Gasteiger partial charge in [-0.25, -0.2) is 9.98 Å². The Hall–Kier alpha value is -2.57. The predicted molar refractivity (Wildman–Crippen MR) is 98.5 cm³/mol. The van der Waals surface area contributed by atoms with Crippen molar-refractivity contribution in [3.63, 3.8) is 0 Å². The molecule has 2 aromatic rings. The molecule has 2 N–H and O–H groups in total. The summed E-state index contributed by atoms with van der Waals surface area (Å²) in [6, 6.07) is 6.30. The lowest BCUT2D eigenvalue weighted by Gasteiger charge is -2.31. The van der Waals surface area contributed by atoms with Crippen LogP contribution in [0.4, 0.5) is 0 Å². The Kier molecular flexibility index (Phi) is 5.21. The van der Waals surface area contributed by atoms with Crippen molar-refractivity contribution in [2.45, 2.75) is 39.3 Å². The van der Waals surface area contributed by atoms with E-state index in [0.29, 0.717) is 19.5 Å². The molecule has 1 fully saturated rings. The summed E-state index contributed by atoms with van der Waals surface area (Å²) in [4.78, 5) is 22.7. The summed E-state index contributed by atoms with van der Waals surface area (Å²) in [5.41, 5.74) is 3.03. The first-order chi connectivity index (χ1) is 12.1. The first kappa shape index (κ1) is 17.3. The van der Waals surface area contributed by atoms with Crippen molar-refractivity contribution in [3.8, 4) is 0 Å². The van der Waals surface area contributed by atoms with Crippen LogP contribution in [0, 0.1) is 6.92 Å². The molecule has 1 amide bonds. The van der Waals surface area contributed by atoms with Crippen molar-refractivity contribution in [1.82, 2.24) is 24.9 Å². The van der Waals surface area contributed by atoms with Crippen LogP contribution in [0.1, 0.15) is 31.2 Å². The van der Waals surface area contributed by atoms with Crippen LogP contribution >= 0.6 is 0 Å². The van der Waals surface area contributed by atoms with Crippen LogP contribution < -0.4 is 10.6 Å². The Balaban J connectivity index is 1.68. The summed E-state index contributed by atoms with van der Waals surface area (Å²) in [6.45, 7) is 6.11. The van der Waals surface area contributed by atoms with Crippen molar-refractivity contribution in [3.05, 3.63) is 35.8 Å². The fourth-order valence-corrected chi connectivity index (χ4v) is 3.08. The number of aromatic nitrogens is 2. The van der Waals surface area contributed by atoms with Gasteiger partial charge in [0, 0.05) is 44.5 Å². The highest BCUT2D eigenvalue weighted by Gasteiger charge is 2.23. The average molecular weight is 342 g/mol. The second kappa shape index (κ2) is 7.55. The van der Waals surface area contributed by atoms with Gasteiger partial charge < -0.3 is 19.9 Å². The Morgan fingerprint density at radius 1 is 1.44 bits per heavy atom. The van der Waals surface area contributed by atoms with Gasteiger partial charge in [0.2, 0.25) is 5.91 Å². The largest absolute Gasteiger partial charge is 0.357 e. The van der Waals surface area contributed by atoms with E-state index in [-0.39, 0.29) is 11.9 Å². The van der Waals surface area contributed by atoms with Gasteiger partial charge in [0.05, 0.1) is 12.2 Å². The normalized spacial score (nSPS) is 18.7. The maximum absolute atomic E-state index is 11.6. The van der Waals surface area contributed by atoms with E-state index in [2.05, 4.69) is 38.0 Å². The van der Waals surface area contributed by atoms with Crippen molar-refractivity contribution < 1.29 is 4.79 Å². The van der Waals surface area contributed by atoms with Gasteiger partial charge in [0.15, 0.2) is 5.96 Å². The summed E-state index contributed by atoms with van der Waals surface area (Å²) >= 11 is 0. The molecule has 0 aliphatic carbocycles. The van der Waals surface area contributed by atoms with Crippen LogP contribution in [-0.2, 0) is 11.3 Å². The van der Waals surface area contributed by atoms with Crippen molar-refractivity contribution in [2.75, 3.05) is 20.1 Å². The molecule has 134 valence electrons. The third-order valence-corrected chi connectivity index (χ3v) is 4.46. The van der Waals surface area contributed by atoms with E-state index < -0.39 is 0 Å². The highest BCUT2D eigenvalue weighted by Crippen LogP contribution is 2.11. The molecule has 1 atom stereocenters. The molecule has 0 bridgehead atoms. The van der Waals surface area contributed by atoms with E-state index in [1.807, 2.05) is 32.3 Å². The molecule has 0 spiro atoms. The van der Waals surface area contributed by atoms with E-state index in [1.165, 1.54) is 0 Å². The van der Waals surface area contributed by atoms with Crippen LogP contribution in [0.2, 0.25) is 0 Å². The predicted octanol–water partition coefficient (Wildman–Crippen LogP) is 1.32. The SMILES string of the molecule is CCNC(=NCc1cn2c(C)cccc2n1)NC1CCC(=O)N(C)C1. The smallest absolute Gasteiger partial charge is 0.222 e. The van der Waals surface area contributed by atoms with Gasteiger partial charge in [-0.15, -0.1) is 0 Å². The lowest BCUT2D eigenvalue weighted by molar-refractivity contribution is -0.132. The van der Waals surface area contributed by atoms with Gasteiger partial charge in [-0.1, -0.05) is 6.07 Å². The summed E-state index contributed by atoms with van der Waals surface area (Å²) in [6.07, 6.45) is 3.45. The van der Waals surface area contributed by atoms with E-state index in [9.17, 15) is 4.79 Å². The summed E-state index contributed by atoms with van der Waals surface area (Å²) in [7, 11) is 1.85. The van der Waals surface area contributed by atoms with Gasteiger partial charge in [-0.3, -0.25) is 4.79 Å². The van der Waals surface area contributed by atoms with E-state index in [1.54, 1.807) is 4.90 Å². The maximum atomic E-state index is 11.6. The highest BCUT2D eigenvalue weighted by atomic mass is 16.2. The number of aryl methyl sites for hydroxylation is 1. The van der Waals surface area contributed by atoms with E-state index in [4.69, 9.17) is 0 Å². The van der Waals surface area contributed by atoms with Crippen molar-refractivity contribution >= 4 is 17.5 Å². The van der Waals surface area contributed by atoms with Gasteiger partial charge in [-0.2, -0.15) is 0 Å². The zero-order valence-corrected chi connectivity index (χ0v) is 15.1. The van der Waals surface area contributed by atoms with Gasteiger partial charge in [-0.05, 0) is 32.4 Å². The van der Waals surface area contributed by atoms with E-state index in [0.717, 1.165) is 36.0 Å². The Labute approximate surface area is 148 Å². The Bertz CT molecular complexity index is 781. The number of likely N-dealkylation sites (N-methyl/N-ethyl adjacent to an activating group) is 1. The summed E-state index contributed by atoms with van der Waals surface area (Å²) < 4.78 is 2.08. The van der Waals surface area contributed by atoms with Gasteiger partial charge in [0.25, 0.3) is 0 Å². The number of carbonyl (C=O) groups excluding carboxylic acids is 1. The standard InChI is InChI=1S/C18H26N6O/c1-4-19-18(22-14-8-9-17(25)23(3)11-14)20-10-15-12-24-13(2)6-5-7-16(24)21-15/h5-7,12,14H,4,8-11H2,1-3H3,(H2,19,20,22). The minimum Gasteiger partial charge on any atom is -0.357 e. The van der Waals surface area contributed by atoms with Crippen molar-refractivity contribution in [1.29, 1.82) is 0 Å². The fraction of sp³-hybridized carbons (Fsp3) is 0.500. The number of piperidine rings is 1. The number of amides is 1. The molecule has 0 radical (unpaired) electrons. The molecule has 2 aromatic heterocycles. The second-order valence-corrected chi connectivity index (χ2v) is 6.48. The number of carbonyl (C=O) groups is 1. The first-order valence-corrected chi connectivity index (χ1v) is 8.79. The Morgan fingerprint density at radius 2 is 2.28 bits per heavy atom. The molecular weight excluding hydrogens is 316 g/mol. The second-order valence-electron chi connectivity index (χ2n) is 6.48. The van der Waals surface area contributed by atoms with Crippen LogP contribution in [0.3, 0.4) is 0 Å². The highest BCUT2D eigenvalue weighted by molar-refractivity contribution is 5.81. The quantitative estimate of drug-likeness (QED) is 0.649. The molecule has 3 heterocycles. The number of aliphatic imine (C=N–C) groups is 1. The molecule has 7 nitrogen and oxygen atoms in total. The van der Waals surface area contributed by atoms with Crippen LogP contribution in [-0.4, -0.2) is 52.3 Å². The number of hydrogen-bond acceptors (Lipinski definition) is 3. The lowest BCUT2D eigenvalue weighted by atomic mass is 10.1. The zero-order valence-electron chi connectivity index (χ0n) is 15.1. The zero-order chi connectivity index (χ0) is 17.8. The minimum absolute atomic E-state index is 0.208. The molecule has 0 saturated carbocycles. The van der Waals surface area contributed by atoms with Gasteiger partial charge >= 0.3 is 0 Å². The lowest BCUT2D eigenvalue weighted by Crippen LogP contribution is -2.51. The topological polar surface area (TPSA) is 74.0 Å². The molecule has 3 rings (SSSR count). The maximum Gasteiger partial charge on any atom is 0.222 e. The fourth-order valence-electron chi connectivity index (χ4n) is 3.08. The number of guanidine groups is 1.